The summed E-state index contributed by atoms with van der Waals surface area (Å²) in [7, 11) is -1.85. The van der Waals surface area contributed by atoms with Crippen LogP contribution in [0, 0.1) is 5.41 Å². The van der Waals surface area contributed by atoms with Crippen molar-refractivity contribution in [3.05, 3.63) is 0 Å². The first-order valence-electron chi connectivity index (χ1n) is 4.58. The highest BCUT2D eigenvalue weighted by Crippen LogP contribution is 2.37. The van der Waals surface area contributed by atoms with Gasteiger partial charge in [-0.15, -0.1) is 0 Å². The summed E-state index contributed by atoms with van der Waals surface area (Å²) in [5.41, 5.74) is 0.0872. The van der Waals surface area contributed by atoms with Crippen LogP contribution in [-0.4, -0.2) is 21.5 Å². The molecule has 13 heavy (non-hydrogen) atoms. The molecular formula is C8H18N2O2S. The van der Waals surface area contributed by atoms with E-state index in [1.807, 2.05) is 0 Å². The van der Waals surface area contributed by atoms with Crippen molar-refractivity contribution in [1.29, 1.82) is 0 Å². The highest BCUT2D eigenvalue weighted by atomic mass is 32.2. The minimum atomic E-state index is -3.27. The van der Waals surface area contributed by atoms with Gasteiger partial charge in [0.1, 0.15) is 0 Å². The summed E-state index contributed by atoms with van der Waals surface area (Å²) >= 11 is 0. The molecule has 1 rings (SSSR count). The van der Waals surface area contributed by atoms with Crippen molar-refractivity contribution in [2.24, 2.45) is 5.41 Å². The van der Waals surface area contributed by atoms with Gasteiger partial charge in [0.05, 0.1) is 0 Å². The van der Waals surface area contributed by atoms with Gasteiger partial charge in [-0.25, -0.2) is 4.72 Å². The monoisotopic (exact) mass is 206 g/mol. The van der Waals surface area contributed by atoms with Crippen LogP contribution in [0.4, 0.5) is 0 Å². The van der Waals surface area contributed by atoms with E-state index in [0.717, 1.165) is 19.3 Å². The lowest BCUT2D eigenvalue weighted by Crippen LogP contribution is -2.45. The second kappa shape index (κ2) is 3.55. The molecule has 1 atom stereocenters. The average molecular weight is 206 g/mol. The molecule has 1 fully saturated rings. The van der Waals surface area contributed by atoms with Crippen LogP contribution in [0.2, 0.25) is 0 Å². The van der Waals surface area contributed by atoms with Crippen molar-refractivity contribution in [3.8, 4) is 0 Å². The summed E-state index contributed by atoms with van der Waals surface area (Å²) in [6.45, 7) is 4.20. The fraction of sp³-hybridized carbons (Fsp3) is 1.00. The fourth-order valence-electron chi connectivity index (χ4n) is 1.79. The first-order chi connectivity index (χ1) is 5.87. The molecule has 2 N–H and O–H groups in total. The number of hydrogen-bond acceptors (Lipinski definition) is 2. The van der Waals surface area contributed by atoms with E-state index in [9.17, 15) is 8.42 Å². The Morgan fingerprint density at radius 2 is 2.00 bits per heavy atom. The SMILES string of the molecule is CNS(=O)(=O)NC1CCCC1(C)C. The van der Waals surface area contributed by atoms with Gasteiger partial charge in [0, 0.05) is 13.1 Å². The molecule has 0 spiro atoms. The van der Waals surface area contributed by atoms with Crippen LogP contribution in [0.3, 0.4) is 0 Å². The number of rotatable bonds is 3. The Labute approximate surface area is 80.3 Å². The van der Waals surface area contributed by atoms with Crippen LogP contribution in [0.1, 0.15) is 33.1 Å². The first-order valence-corrected chi connectivity index (χ1v) is 6.06. The summed E-state index contributed by atoms with van der Waals surface area (Å²) in [5.74, 6) is 0. The normalized spacial score (nSPS) is 27.8. The zero-order valence-corrected chi connectivity index (χ0v) is 9.24. The van der Waals surface area contributed by atoms with Gasteiger partial charge in [0.2, 0.25) is 0 Å². The Morgan fingerprint density at radius 3 is 2.38 bits per heavy atom. The van der Waals surface area contributed by atoms with Gasteiger partial charge in [0.25, 0.3) is 10.2 Å². The van der Waals surface area contributed by atoms with Gasteiger partial charge in [0.15, 0.2) is 0 Å². The summed E-state index contributed by atoms with van der Waals surface area (Å²) in [6, 6.07) is 0.0740. The molecule has 0 aliphatic heterocycles. The van der Waals surface area contributed by atoms with Crippen LogP contribution in [0.5, 0.6) is 0 Å². The Hall–Kier alpha value is -0.130. The molecule has 78 valence electrons. The second-order valence-electron chi connectivity index (χ2n) is 4.26. The zero-order valence-electron chi connectivity index (χ0n) is 8.42. The molecule has 0 aromatic carbocycles. The van der Waals surface area contributed by atoms with Gasteiger partial charge in [-0.3, -0.25) is 0 Å². The molecule has 5 heteroatoms. The lowest BCUT2D eigenvalue weighted by atomic mass is 9.88. The van der Waals surface area contributed by atoms with E-state index in [2.05, 4.69) is 23.3 Å². The minimum absolute atomic E-state index is 0.0740. The predicted octanol–water partition coefficient (Wildman–Crippen LogP) is 0.619. The fourth-order valence-corrected chi connectivity index (χ4v) is 2.72. The summed E-state index contributed by atoms with van der Waals surface area (Å²) in [5, 5.41) is 0. The smallest absolute Gasteiger partial charge is 0.205 e. The second-order valence-corrected chi connectivity index (χ2v) is 5.91. The van der Waals surface area contributed by atoms with Gasteiger partial charge in [-0.1, -0.05) is 20.3 Å². The molecule has 1 aliphatic rings. The third-order valence-electron chi connectivity index (χ3n) is 2.82. The van der Waals surface area contributed by atoms with Crippen LogP contribution < -0.4 is 9.44 Å². The molecule has 4 nitrogen and oxygen atoms in total. The molecule has 0 heterocycles. The summed E-state index contributed by atoms with van der Waals surface area (Å²) in [4.78, 5) is 0. The maximum absolute atomic E-state index is 11.2. The quantitative estimate of drug-likeness (QED) is 0.711. The van der Waals surface area contributed by atoms with Gasteiger partial charge < -0.3 is 0 Å². The molecule has 0 saturated heterocycles. The van der Waals surface area contributed by atoms with Gasteiger partial charge in [-0.05, 0) is 18.3 Å². The summed E-state index contributed by atoms with van der Waals surface area (Å²) < 4.78 is 27.4. The maximum Gasteiger partial charge on any atom is 0.276 e. The number of nitrogens with one attached hydrogen (secondary N) is 2. The van der Waals surface area contributed by atoms with E-state index in [1.165, 1.54) is 7.05 Å². The topological polar surface area (TPSA) is 58.2 Å². The van der Waals surface area contributed by atoms with E-state index < -0.39 is 10.2 Å². The summed E-state index contributed by atoms with van der Waals surface area (Å²) in [6.07, 6.45) is 3.13. The van der Waals surface area contributed by atoms with Crippen molar-refractivity contribution < 1.29 is 8.42 Å². The van der Waals surface area contributed by atoms with E-state index in [4.69, 9.17) is 0 Å². The molecule has 1 saturated carbocycles. The molecular weight excluding hydrogens is 188 g/mol. The highest BCUT2D eigenvalue weighted by molar-refractivity contribution is 7.87. The average Bonchev–Trinajstić information content (AvgIpc) is 2.31. The minimum Gasteiger partial charge on any atom is -0.205 e. The molecule has 0 aromatic heterocycles. The maximum atomic E-state index is 11.2. The molecule has 0 amide bonds. The first kappa shape index (κ1) is 10.9. The van der Waals surface area contributed by atoms with Crippen LogP contribution in [0.25, 0.3) is 0 Å². The Bertz CT molecular complexity index is 272. The van der Waals surface area contributed by atoms with Crippen LogP contribution in [-0.2, 0) is 10.2 Å². The van der Waals surface area contributed by atoms with E-state index in [1.54, 1.807) is 0 Å². The molecule has 0 aromatic rings. The van der Waals surface area contributed by atoms with E-state index in [0.29, 0.717) is 0 Å². The van der Waals surface area contributed by atoms with E-state index >= 15 is 0 Å². The molecule has 1 aliphatic carbocycles. The van der Waals surface area contributed by atoms with Gasteiger partial charge >= 0.3 is 0 Å². The van der Waals surface area contributed by atoms with E-state index in [-0.39, 0.29) is 11.5 Å². The Balaban J connectivity index is 2.65. The lowest BCUT2D eigenvalue weighted by Gasteiger charge is -2.27. The largest absolute Gasteiger partial charge is 0.276 e. The third kappa shape index (κ3) is 2.65. The van der Waals surface area contributed by atoms with Crippen molar-refractivity contribution in [2.75, 3.05) is 7.05 Å². The molecule has 0 bridgehead atoms. The Morgan fingerprint density at radius 1 is 1.38 bits per heavy atom. The van der Waals surface area contributed by atoms with Crippen molar-refractivity contribution in [2.45, 2.75) is 39.2 Å². The third-order valence-corrected chi connectivity index (χ3v) is 3.96. The van der Waals surface area contributed by atoms with Crippen molar-refractivity contribution >= 4 is 10.2 Å². The van der Waals surface area contributed by atoms with Crippen molar-refractivity contribution in [1.82, 2.24) is 9.44 Å². The van der Waals surface area contributed by atoms with Crippen LogP contribution in [0.15, 0.2) is 0 Å². The van der Waals surface area contributed by atoms with Crippen LogP contribution >= 0.6 is 0 Å². The highest BCUT2D eigenvalue weighted by Gasteiger charge is 2.36. The predicted molar refractivity (Wildman–Crippen MR) is 52.5 cm³/mol. The van der Waals surface area contributed by atoms with Gasteiger partial charge in [-0.2, -0.15) is 13.1 Å². The lowest BCUT2D eigenvalue weighted by molar-refractivity contribution is 0.312. The molecule has 1 unspecified atom stereocenters. The number of hydrogen-bond donors (Lipinski definition) is 2. The zero-order chi connectivity index (χ0) is 10.1. The Kier molecular flexibility index (Phi) is 2.99. The standard InChI is InChI=1S/C8H18N2O2S/c1-8(2)6-4-5-7(8)10-13(11,12)9-3/h7,9-10H,4-6H2,1-3H3. The molecule has 0 radical (unpaired) electrons. The van der Waals surface area contributed by atoms with Crippen molar-refractivity contribution in [3.63, 3.8) is 0 Å².